The van der Waals surface area contributed by atoms with Crippen LogP contribution in [-0.2, 0) is 16.0 Å². The van der Waals surface area contributed by atoms with Crippen LogP contribution in [0.3, 0.4) is 0 Å². The Labute approximate surface area is 115 Å². The first-order valence-corrected chi connectivity index (χ1v) is 6.28. The maximum Gasteiger partial charge on any atom is 0.323 e. The van der Waals surface area contributed by atoms with Crippen molar-refractivity contribution in [1.82, 2.24) is 0 Å². The zero-order chi connectivity index (χ0) is 14.5. The predicted octanol–water partition coefficient (Wildman–Crippen LogP) is 2.12. The number of amides is 1. The number of carboxylic acids is 1. The van der Waals surface area contributed by atoms with Crippen LogP contribution >= 0.6 is 0 Å². The second kappa shape index (κ2) is 6.08. The molecule has 1 heterocycles. The molecule has 104 valence electrons. The Morgan fingerprint density at radius 1 is 1.50 bits per heavy atom. The molecule has 0 radical (unpaired) electrons. The van der Waals surface area contributed by atoms with Crippen LogP contribution in [0.5, 0.6) is 0 Å². The van der Waals surface area contributed by atoms with Gasteiger partial charge in [0.1, 0.15) is 12.6 Å². The number of para-hydroxylation sites is 1. The molecule has 1 aliphatic rings. The summed E-state index contributed by atoms with van der Waals surface area (Å²) in [7, 11) is 0. The van der Waals surface area contributed by atoms with Gasteiger partial charge in [-0.2, -0.15) is 0 Å². The van der Waals surface area contributed by atoms with Gasteiger partial charge in [-0.25, -0.2) is 0 Å². The van der Waals surface area contributed by atoms with Crippen molar-refractivity contribution in [2.45, 2.75) is 25.3 Å². The molecule has 0 saturated carbocycles. The molecule has 1 aliphatic heterocycles. The molecule has 0 fully saturated rings. The number of anilines is 1. The highest BCUT2D eigenvalue weighted by Crippen LogP contribution is 2.27. The molecule has 1 N–H and O–H groups in total. The summed E-state index contributed by atoms with van der Waals surface area (Å²) >= 11 is 0. The fourth-order valence-electron chi connectivity index (χ4n) is 2.36. The number of carbonyl (C=O) groups excluding carboxylic acids is 1. The minimum atomic E-state index is -1.10. The van der Waals surface area contributed by atoms with Crippen LogP contribution < -0.4 is 4.90 Å². The number of fused-ring (bicyclic) bond motifs is 1. The predicted molar refractivity (Wildman–Crippen MR) is 72.3 cm³/mol. The summed E-state index contributed by atoms with van der Waals surface area (Å²) in [6.45, 7) is -0.437. The molecule has 7 nitrogen and oxygen atoms in total. The molecule has 0 bridgehead atoms. The number of benzene rings is 1. The Balaban J connectivity index is 2.45. The van der Waals surface area contributed by atoms with Crippen LogP contribution in [0.2, 0.25) is 0 Å². The summed E-state index contributed by atoms with van der Waals surface area (Å²) in [6, 6.07) is 6.37. The number of azide groups is 1. The lowest BCUT2D eigenvalue weighted by atomic mass is 9.98. The monoisotopic (exact) mass is 274 g/mol. The highest BCUT2D eigenvalue weighted by Gasteiger charge is 2.29. The zero-order valence-electron chi connectivity index (χ0n) is 10.8. The summed E-state index contributed by atoms with van der Waals surface area (Å²) in [5.41, 5.74) is 10.0. The van der Waals surface area contributed by atoms with Gasteiger partial charge in [0.15, 0.2) is 0 Å². The van der Waals surface area contributed by atoms with Gasteiger partial charge in [-0.05, 0) is 36.4 Å². The van der Waals surface area contributed by atoms with Crippen molar-refractivity contribution in [3.63, 3.8) is 0 Å². The van der Waals surface area contributed by atoms with E-state index in [0.29, 0.717) is 18.5 Å². The van der Waals surface area contributed by atoms with Gasteiger partial charge in [0.05, 0.1) is 0 Å². The molecule has 20 heavy (non-hydrogen) atoms. The van der Waals surface area contributed by atoms with E-state index in [2.05, 4.69) is 10.0 Å². The minimum Gasteiger partial charge on any atom is -0.480 e. The first-order chi connectivity index (χ1) is 9.63. The molecule has 0 aliphatic carbocycles. The van der Waals surface area contributed by atoms with E-state index in [-0.39, 0.29) is 0 Å². The smallest absolute Gasteiger partial charge is 0.323 e. The van der Waals surface area contributed by atoms with Crippen LogP contribution in [0.25, 0.3) is 10.4 Å². The molecule has 1 unspecified atom stereocenters. The normalized spacial score (nSPS) is 18.5. The molecule has 1 aromatic carbocycles. The van der Waals surface area contributed by atoms with E-state index in [0.717, 1.165) is 12.0 Å². The minimum absolute atomic E-state index is 0.424. The topological polar surface area (TPSA) is 106 Å². The van der Waals surface area contributed by atoms with Crippen LogP contribution in [-0.4, -0.2) is 29.6 Å². The highest BCUT2D eigenvalue weighted by molar-refractivity contribution is 6.01. The van der Waals surface area contributed by atoms with Gasteiger partial charge in [0.2, 0.25) is 5.91 Å². The average molecular weight is 274 g/mol. The number of carboxylic acid groups (broad SMARTS) is 1. The number of aryl methyl sites for hydroxylation is 1. The Bertz CT molecular complexity index is 581. The molecule has 0 spiro atoms. The van der Waals surface area contributed by atoms with Crippen LogP contribution in [0.1, 0.15) is 18.4 Å². The summed E-state index contributed by atoms with van der Waals surface area (Å²) in [6.07, 6.45) is 1.86. The van der Waals surface area contributed by atoms with Gasteiger partial charge in [0, 0.05) is 10.6 Å². The Kier molecular flexibility index (Phi) is 4.22. The summed E-state index contributed by atoms with van der Waals surface area (Å²) < 4.78 is 0. The van der Waals surface area contributed by atoms with Crippen LogP contribution in [0.15, 0.2) is 29.4 Å². The SMILES string of the molecule is [N-]=[N+]=NC1CCCc2ccccc2N(CC(=O)O)C1=O. The first kappa shape index (κ1) is 13.9. The second-order valence-corrected chi connectivity index (χ2v) is 4.56. The van der Waals surface area contributed by atoms with E-state index >= 15 is 0 Å². The van der Waals surface area contributed by atoms with Gasteiger partial charge < -0.3 is 10.0 Å². The fraction of sp³-hybridized carbons (Fsp3) is 0.385. The van der Waals surface area contributed by atoms with Crippen molar-refractivity contribution >= 4 is 17.6 Å². The Hall–Kier alpha value is -2.53. The Morgan fingerprint density at radius 2 is 2.25 bits per heavy atom. The second-order valence-electron chi connectivity index (χ2n) is 4.56. The maximum absolute atomic E-state index is 12.4. The van der Waals surface area contributed by atoms with E-state index in [9.17, 15) is 9.59 Å². The molecule has 0 aromatic heterocycles. The molecule has 1 atom stereocenters. The first-order valence-electron chi connectivity index (χ1n) is 6.28. The number of hydrogen-bond acceptors (Lipinski definition) is 3. The lowest BCUT2D eigenvalue weighted by Gasteiger charge is -2.28. The van der Waals surface area contributed by atoms with Crippen molar-refractivity contribution in [3.8, 4) is 0 Å². The fourth-order valence-corrected chi connectivity index (χ4v) is 2.36. The number of nitrogens with zero attached hydrogens (tertiary/aromatic N) is 4. The summed E-state index contributed by atoms with van der Waals surface area (Å²) in [4.78, 5) is 27.2. The molecular formula is C13H14N4O3. The van der Waals surface area contributed by atoms with E-state index in [4.69, 9.17) is 10.6 Å². The van der Waals surface area contributed by atoms with Crippen molar-refractivity contribution in [2.75, 3.05) is 11.4 Å². The third-order valence-corrected chi connectivity index (χ3v) is 3.24. The van der Waals surface area contributed by atoms with E-state index in [1.54, 1.807) is 12.1 Å². The van der Waals surface area contributed by atoms with Gasteiger partial charge in [-0.1, -0.05) is 23.3 Å². The molecule has 1 amide bonds. The standard InChI is InChI=1S/C13H14N4O3/c14-16-15-10-6-3-5-9-4-1-2-7-11(9)17(13(10)20)8-12(18)19/h1-2,4,7,10H,3,5-6,8H2,(H,18,19). The van der Waals surface area contributed by atoms with E-state index in [1.807, 2.05) is 12.1 Å². The highest BCUT2D eigenvalue weighted by atomic mass is 16.4. The number of aliphatic carboxylic acids is 1. The largest absolute Gasteiger partial charge is 0.480 e. The van der Waals surface area contributed by atoms with Crippen molar-refractivity contribution in [1.29, 1.82) is 0 Å². The number of carbonyl (C=O) groups is 2. The van der Waals surface area contributed by atoms with Crippen molar-refractivity contribution in [2.24, 2.45) is 5.11 Å². The van der Waals surface area contributed by atoms with Crippen molar-refractivity contribution < 1.29 is 14.7 Å². The van der Waals surface area contributed by atoms with Crippen LogP contribution in [0.4, 0.5) is 5.69 Å². The lowest BCUT2D eigenvalue weighted by Crippen LogP contribution is -2.43. The van der Waals surface area contributed by atoms with Gasteiger partial charge >= 0.3 is 5.97 Å². The van der Waals surface area contributed by atoms with Crippen LogP contribution in [0, 0.1) is 0 Å². The molecular weight excluding hydrogens is 260 g/mol. The maximum atomic E-state index is 12.4. The van der Waals surface area contributed by atoms with Gasteiger partial charge in [-0.15, -0.1) is 0 Å². The van der Waals surface area contributed by atoms with E-state index in [1.165, 1.54) is 4.90 Å². The third kappa shape index (κ3) is 2.89. The van der Waals surface area contributed by atoms with Gasteiger partial charge in [0.25, 0.3) is 0 Å². The summed E-state index contributed by atoms with van der Waals surface area (Å²) in [5, 5.41) is 12.5. The molecule has 0 saturated heterocycles. The quantitative estimate of drug-likeness (QED) is 0.518. The van der Waals surface area contributed by atoms with Gasteiger partial charge in [-0.3, -0.25) is 9.59 Å². The molecule has 2 rings (SSSR count). The number of rotatable bonds is 3. The molecule has 7 heteroatoms. The molecule has 1 aromatic rings. The van der Waals surface area contributed by atoms with Crippen molar-refractivity contribution in [3.05, 3.63) is 40.3 Å². The lowest BCUT2D eigenvalue weighted by molar-refractivity contribution is -0.136. The van der Waals surface area contributed by atoms with E-state index < -0.39 is 24.5 Å². The zero-order valence-corrected chi connectivity index (χ0v) is 10.8. The summed E-state index contributed by atoms with van der Waals surface area (Å²) in [5.74, 6) is -1.56. The average Bonchev–Trinajstić information content (AvgIpc) is 2.42. The third-order valence-electron chi connectivity index (χ3n) is 3.24. The number of hydrogen-bond donors (Lipinski definition) is 1. The Morgan fingerprint density at radius 3 is 2.95 bits per heavy atom.